The van der Waals surface area contributed by atoms with Crippen LogP contribution >= 0.6 is 0 Å². The van der Waals surface area contributed by atoms with Crippen molar-refractivity contribution in [1.82, 2.24) is 4.90 Å². The second kappa shape index (κ2) is 6.95. The highest BCUT2D eigenvalue weighted by molar-refractivity contribution is 5.99. The van der Waals surface area contributed by atoms with Crippen molar-refractivity contribution in [2.75, 3.05) is 24.5 Å². The molecule has 0 N–H and O–H groups in total. The van der Waals surface area contributed by atoms with Crippen LogP contribution in [-0.2, 0) is 16.0 Å². The normalized spacial score (nSPS) is 19.4. The molecule has 1 fully saturated rings. The van der Waals surface area contributed by atoms with E-state index in [9.17, 15) is 9.59 Å². The third kappa shape index (κ3) is 3.32. The van der Waals surface area contributed by atoms with Crippen molar-refractivity contribution >= 4 is 17.5 Å². The molecule has 1 saturated heterocycles. The highest BCUT2D eigenvalue weighted by Gasteiger charge is 2.26. The average molecular weight is 300 g/mol. The van der Waals surface area contributed by atoms with E-state index in [1.807, 2.05) is 23.1 Å². The number of aryl methyl sites for hydroxylation is 1. The van der Waals surface area contributed by atoms with Gasteiger partial charge in [0.1, 0.15) is 6.54 Å². The summed E-state index contributed by atoms with van der Waals surface area (Å²) >= 11 is 0. The molecule has 4 nitrogen and oxygen atoms in total. The molecular weight excluding hydrogens is 276 g/mol. The van der Waals surface area contributed by atoms with Gasteiger partial charge in [-0.25, -0.2) is 0 Å². The van der Waals surface area contributed by atoms with Crippen LogP contribution in [0.2, 0.25) is 0 Å². The molecule has 3 rings (SSSR count). The van der Waals surface area contributed by atoms with E-state index >= 15 is 0 Å². The van der Waals surface area contributed by atoms with Crippen molar-refractivity contribution in [1.29, 1.82) is 0 Å². The molecule has 0 aliphatic carbocycles. The second-order valence-electron chi connectivity index (χ2n) is 6.26. The number of anilines is 1. The van der Waals surface area contributed by atoms with Gasteiger partial charge in [-0.1, -0.05) is 31.0 Å². The number of hydrogen-bond acceptors (Lipinski definition) is 2. The lowest BCUT2D eigenvalue weighted by molar-refractivity contribution is -0.131. The van der Waals surface area contributed by atoms with E-state index in [1.54, 1.807) is 4.90 Å². The lowest BCUT2D eigenvalue weighted by Gasteiger charge is -2.27. The summed E-state index contributed by atoms with van der Waals surface area (Å²) in [7, 11) is 0. The molecule has 0 unspecified atom stereocenters. The van der Waals surface area contributed by atoms with E-state index in [4.69, 9.17) is 0 Å². The molecule has 2 aliphatic heterocycles. The van der Waals surface area contributed by atoms with Gasteiger partial charge in [-0.3, -0.25) is 9.59 Å². The van der Waals surface area contributed by atoms with Gasteiger partial charge in [0, 0.05) is 25.2 Å². The minimum Gasteiger partial charge on any atom is -0.341 e. The highest BCUT2D eigenvalue weighted by Crippen LogP contribution is 2.26. The molecule has 1 aromatic rings. The largest absolute Gasteiger partial charge is 0.341 e. The Hall–Kier alpha value is -1.84. The Bertz CT molecular complexity index is 548. The molecule has 2 amide bonds. The Balaban J connectivity index is 1.77. The zero-order valence-corrected chi connectivity index (χ0v) is 13.1. The number of para-hydroxylation sites is 1. The van der Waals surface area contributed by atoms with Gasteiger partial charge < -0.3 is 9.80 Å². The first-order valence-electron chi connectivity index (χ1n) is 8.42. The topological polar surface area (TPSA) is 40.6 Å². The number of rotatable bonds is 2. The van der Waals surface area contributed by atoms with E-state index in [1.165, 1.54) is 18.4 Å². The molecule has 0 aromatic heterocycles. The van der Waals surface area contributed by atoms with Crippen LogP contribution in [0.4, 0.5) is 5.69 Å². The molecule has 2 aliphatic rings. The maximum atomic E-state index is 12.6. The lowest BCUT2D eigenvalue weighted by Crippen LogP contribution is -2.43. The van der Waals surface area contributed by atoms with E-state index in [-0.39, 0.29) is 18.4 Å². The van der Waals surface area contributed by atoms with Crippen LogP contribution in [0.1, 0.15) is 44.1 Å². The van der Waals surface area contributed by atoms with E-state index < -0.39 is 0 Å². The summed E-state index contributed by atoms with van der Waals surface area (Å²) in [5.41, 5.74) is 2.10. The molecular formula is C18H24N2O2. The molecule has 0 radical (unpaired) electrons. The Labute approximate surface area is 132 Å². The van der Waals surface area contributed by atoms with Crippen molar-refractivity contribution in [3.05, 3.63) is 29.8 Å². The lowest BCUT2D eigenvalue weighted by atomic mass is 10.1. The van der Waals surface area contributed by atoms with E-state index in [2.05, 4.69) is 6.07 Å². The number of fused-ring (bicyclic) bond motifs is 1. The SMILES string of the molecule is O=C(CN1C(=O)CCCc2ccccc21)N1CCCCCC1. The zero-order valence-electron chi connectivity index (χ0n) is 13.1. The number of hydrogen-bond donors (Lipinski definition) is 0. The summed E-state index contributed by atoms with van der Waals surface area (Å²) in [6.07, 6.45) is 6.87. The quantitative estimate of drug-likeness (QED) is 0.842. The number of benzene rings is 1. The molecule has 0 spiro atoms. The van der Waals surface area contributed by atoms with Gasteiger partial charge >= 0.3 is 0 Å². The first-order chi connectivity index (χ1) is 10.8. The average Bonchev–Trinajstić information content (AvgIpc) is 2.88. The molecule has 1 aromatic carbocycles. The van der Waals surface area contributed by atoms with Crippen LogP contribution in [-0.4, -0.2) is 36.3 Å². The van der Waals surface area contributed by atoms with Crippen LogP contribution in [0, 0.1) is 0 Å². The van der Waals surface area contributed by atoms with Crippen LogP contribution in [0.15, 0.2) is 24.3 Å². The fourth-order valence-electron chi connectivity index (χ4n) is 3.41. The Morgan fingerprint density at radius 1 is 0.955 bits per heavy atom. The summed E-state index contributed by atoms with van der Waals surface area (Å²) < 4.78 is 0. The van der Waals surface area contributed by atoms with Gasteiger partial charge in [0.25, 0.3) is 0 Å². The minimum absolute atomic E-state index is 0.0770. The van der Waals surface area contributed by atoms with Crippen LogP contribution in [0.5, 0.6) is 0 Å². The number of carbonyl (C=O) groups excluding carboxylic acids is 2. The third-order valence-corrected chi connectivity index (χ3v) is 4.67. The molecule has 118 valence electrons. The van der Waals surface area contributed by atoms with Crippen molar-refractivity contribution in [3.63, 3.8) is 0 Å². The summed E-state index contributed by atoms with van der Waals surface area (Å²) in [6.45, 7) is 1.86. The summed E-state index contributed by atoms with van der Waals surface area (Å²) in [5.74, 6) is 0.167. The highest BCUT2D eigenvalue weighted by atomic mass is 16.2. The van der Waals surface area contributed by atoms with E-state index in [0.717, 1.165) is 44.5 Å². The standard InChI is InChI=1S/C18H24N2O2/c21-17-11-7-9-15-8-3-4-10-16(15)20(17)14-18(22)19-12-5-1-2-6-13-19/h3-4,8,10H,1-2,5-7,9,11-14H2. The van der Waals surface area contributed by atoms with Crippen molar-refractivity contribution in [2.45, 2.75) is 44.9 Å². The molecule has 4 heteroatoms. The smallest absolute Gasteiger partial charge is 0.242 e. The predicted octanol–water partition coefficient (Wildman–Crippen LogP) is 2.76. The van der Waals surface area contributed by atoms with E-state index in [0.29, 0.717) is 6.42 Å². The number of amides is 2. The van der Waals surface area contributed by atoms with Crippen LogP contribution < -0.4 is 4.90 Å². The summed E-state index contributed by atoms with van der Waals surface area (Å²) in [5, 5.41) is 0. The van der Waals surface area contributed by atoms with Gasteiger partial charge in [-0.2, -0.15) is 0 Å². The monoisotopic (exact) mass is 300 g/mol. The number of carbonyl (C=O) groups is 2. The Morgan fingerprint density at radius 3 is 2.45 bits per heavy atom. The second-order valence-corrected chi connectivity index (χ2v) is 6.26. The number of nitrogens with zero attached hydrogens (tertiary/aromatic N) is 2. The maximum Gasteiger partial charge on any atom is 0.242 e. The van der Waals surface area contributed by atoms with Gasteiger partial charge in [0.05, 0.1) is 0 Å². The van der Waals surface area contributed by atoms with Crippen molar-refractivity contribution < 1.29 is 9.59 Å². The summed E-state index contributed by atoms with van der Waals surface area (Å²) in [6, 6.07) is 7.98. The van der Waals surface area contributed by atoms with Gasteiger partial charge in [-0.15, -0.1) is 0 Å². The van der Waals surface area contributed by atoms with Gasteiger partial charge in [-0.05, 0) is 37.3 Å². The Morgan fingerprint density at radius 2 is 1.68 bits per heavy atom. The maximum absolute atomic E-state index is 12.6. The zero-order chi connectivity index (χ0) is 15.4. The molecule has 0 saturated carbocycles. The fourth-order valence-corrected chi connectivity index (χ4v) is 3.41. The summed E-state index contributed by atoms with van der Waals surface area (Å²) in [4.78, 5) is 28.7. The third-order valence-electron chi connectivity index (χ3n) is 4.67. The van der Waals surface area contributed by atoms with Gasteiger partial charge in [0.15, 0.2) is 0 Å². The first-order valence-corrected chi connectivity index (χ1v) is 8.42. The number of likely N-dealkylation sites (tertiary alicyclic amines) is 1. The van der Waals surface area contributed by atoms with Crippen molar-refractivity contribution in [3.8, 4) is 0 Å². The molecule has 22 heavy (non-hydrogen) atoms. The molecule has 0 atom stereocenters. The van der Waals surface area contributed by atoms with Gasteiger partial charge in [0.2, 0.25) is 11.8 Å². The van der Waals surface area contributed by atoms with Crippen molar-refractivity contribution in [2.24, 2.45) is 0 Å². The predicted molar refractivity (Wildman–Crippen MR) is 86.8 cm³/mol. The molecule has 0 bridgehead atoms. The molecule has 2 heterocycles. The first kappa shape index (κ1) is 15.1. The van der Waals surface area contributed by atoms with Crippen LogP contribution in [0.3, 0.4) is 0 Å². The fraction of sp³-hybridized carbons (Fsp3) is 0.556. The Kier molecular flexibility index (Phi) is 4.76. The minimum atomic E-state index is 0.0770. The van der Waals surface area contributed by atoms with Crippen LogP contribution in [0.25, 0.3) is 0 Å².